The highest BCUT2D eigenvalue weighted by Gasteiger charge is 2.52. The quantitative estimate of drug-likeness (QED) is 0.393. The number of nitrogens with two attached hydrogens (primary N) is 1. The molecule has 1 fully saturated rings. The second-order valence-electron chi connectivity index (χ2n) is 5.73. The van der Waals surface area contributed by atoms with E-state index < -0.39 is 54.6 Å². The Labute approximate surface area is 168 Å². The smallest absolute Gasteiger partial charge is 0.303 e. The van der Waals surface area contributed by atoms with Crippen molar-refractivity contribution in [3.8, 4) is 0 Å². The van der Waals surface area contributed by atoms with Crippen LogP contribution in [0.25, 0.3) is 0 Å². The van der Waals surface area contributed by atoms with Crippen molar-refractivity contribution in [3.05, 3.63) is 0 Å². The molecule has 1 rings (SSSR count). The average molecular weight is 428 g/mol. The molecule has 0 spiro atoms. The van der Waals surface area contributed by atoms with Gasteiger partial charge in [0.05, 0.1) is 6.61 Å². The minimum Gasteiger partial charge on any atom is -0.463 e. The van der Waals surface area contributed by atoms with E-state index in [1.807, 2.05) is 0 Å². The van der Waals surface area contributed by atoms with Crippen LogP contribution in [0.1, 0.15) is 27.7 Å². The predicted octanol–water partition coefficient (Wildman–Crippen LogP) is -0.533. The first-order chi connectivity index (χ1) is 12.6. The topological polar surface area (TPSA) is 150 Å². The number of hydrogen-bond donors (Lipinski definition) is 1. The van der Waals surface area contributed by atoms with Crippen LogP contribution in [-0.2, 0) is 47.6 Å². The van der Waals surface area contributed by atoms with E-state index in [1.165, 1.54) is 6.92 Å². The fourth-order valence-corrected chi connectivity index (χ4v) is 2.51. The summed E-state index contributed by atoms with van der Waals surface area (Å²) in [5, 5.41) is 0. The van der Waals surface area contributed by atoms with E-state index in [0.717, 1.165) is 20.8 Å². The minimum absolute atomic E-state index is 0. The van der Waals surface area contributed by atoms with Crippen LogP contribution in [0.15, 0.2) is 0 Å². The summed E-state index contributed by atoms with van der Waals surface area (Å²) in [7, 11) is 0. The Morgan fingerprint density at radius 1 is 0.821 bits per heavy atom. The highest BCUT2D eigenvalue weighted by molar-refractivity contribution is 5.85. The molecule has 1 aliphatic rings. The van der Waals surface area contributed by atoms with Gasteiger partial charge in [0.25, 0.3) is 0 Å². The van der Waals surface area contributed by atoms with Crippen molar-refractivity contribution in [2.75, 3.05) is 19.8 Å². The molecule has 11 nitrogen and oxygen atoms in total. The van der Waals surface area contributed by atoms with Gasteiger partial charge in [0.1, 0.15) is 12.7 Å². The maximum atomic E-state index is 11.6. The number of carbonyl (C=O) groups is 4. The lowest BCUT2D eigenvalue weighted by molar-refractivity contribution is -0.307. The minimum atomic E-state index is -1.24. The zero-order chi connectivity index (χ0) is 20.6. The second kappa shape index (κ2) is 12.5. The first-order valence-corrected chi connectivity index (χ1v) is 8.27. The summed E-state index contributed by atoms with van der Waals surface area (Å²) >= 11 is 0. The molecule has 0 amide bonds. The maximum absolute atomic E-state index is 11.6. The summed E-state index contributed by atoms with van der Waals surface area (Å²) in [6, 6.07) is 0. The van der Waals surface area contributed by atoms with E-state index in [0.29, 0.717) is 0 Å². The summed E-state index contributed by atoms with van der Waals surface area (Å²) in [5.74, 6) is -2.69. The lowest BCUT2D eigenvalue weighted by Gasteiger charge is -2.44. The van der Waals surface area contributed by atoms with Crippen LogP contribution in [0, 0.1) is 0 Å². The van der Waals surface area contributed by atoms with Crippen molar-refractivity contribution < 1.29 is 47.6 Å². The molecule has 0 bridgehead atoms. The summed E-state index contributed by atoms with van der Waals surface area (Å²) < 4.78 is 31.7. The van der Waals surface area contributed by atoms with E-state index >= 15 is 0 Å². The van der Waals surface area contributed by atoms with Gasteiger partial charge < -0.3 is 34.2 Å². The van der Waals surface area contributed by atoms with E-state index in [-0.39, 0.29) is 32.2 Å². The number of ether oxygens (including phenoxy) is 6. The highest BCUT2D eigenvalue weighted by Crippen LogP contribution is 2.29. The van der Waals surface area contributed by atoms with E-state index in [1.54, 1.807) is 0 Å². The van der Waals surface area contributed by atoms with Crippen LogP contribution in [0.2, 0.25) is 0 Å². The standard InChI is InChI=1S/C16H25NO10.ClH/c1-8(18)23-7-12-13(24-9(2)19)14(25-10(3)20)15(26-11(4)21)16(27-12)22-6-5-17;/h12-16H,5-7,17H2,1-4H3;1H. The van der Waals surface area contributed by atoms with Gasteiger partial charge in [0.15, 0.2) is 24.6 Å². The van der Waals surface area contributed by atoms with Gasteiger partial charge in [-0.2, -0.15) is 0 Å². The average Bonchev–Trinajstić information content (AvgIpc) is 2.54. The maximum Gasteiger partial charge on any atom is 0.303 e. The van der Waals surface area contributed by atoms with Crippen molar-refractivity contribution in [3.63, 3.8) is 0 Å². The fourth-order valence-electron chi connectivity index (χ4n) is 2.51. The molecule has 12 heteroatoms. The second-order valence-corrected chi connectivity index (χ2v) is 5.73. The molecule has 1 saturated heterocycles. The summed E-state index contributed by atoms with van der Waals surface area (Å²) in [5.41, 5.74) is 5.42. The molecule has 1 heterocycles. The zero-order valence-electron chi connectivity index (χ0n) is 16.1. The van der Waals surface area contributed by atoms with Crippen molar-refractivity contribution in [1.29, 1.82) is 0 Å². The number of esters is 4. The van der Waals surface area contributed by atoms with Gasteiger partial charge in [-0.1, -0.05) is 0 Å². The molecule has 5 atom stereocenters. The van der Waals surface area contributed by atoms with Gasteiger partial charge in [-0.15, -0.1) is 12.4 Å². The number of halogens is 1. The van der Waals surface area contributed by atoms with Crippen molar-refractivity contribution >= 4 is 36.3 Å². The van der Waals surface area contributed by atoms with Gasteiger partial charge in [0.2, 0.25) is 0 Å². The third kappa shape index (κ3) is 8.38. The van der Waals surface area contributed by atoms with Crippen molar-refractivity contribution in [1.82, 2.24) is 0 Å². The fraction of sp³-hybridized carbons (Fsp3) is 0.750. The molecular formula is C16H26ClNO10. The molecule has 2 N–H and O–H groups in total. The normalized spacial score (nSPS) is 26.4. The first-order valence-electron chi connectivity index (χ1n) is 8.27. The first kappa shape index (κ1) is 26.1. The Bertz CT molecular complexity index is 558. The molecular weight excluding hydrogens is 402 g/mol. The van der Waals surface area contributed by atoms with E-state index in [9.17, 15) is 19.2 Å². The Hall–Kier alpha value is -1.95. The Morgan fingerprint density at radius 3 is 1.79 bits per heavy atom. The van der Waals surface area contributed by atoms with Crippen LogP contribution >= 0.6 is 12.4 Å². The van der Waals surface area contributed by atoms with Crippen LogP contribution < -0.4 is 5.73 Å². The van der Waals surface area contributed by atoms with Crippen molar-refractivity contribution in [2.24, 2.45) is 5.73 Å². The molecule has 5 unspecified atom stereocenters. The molecule has 162 valence electrons. The number of rotatable bonds is 8. The molecule has 0 aliphatic carbocycles. The number of carbonyl (C=O) groups excluding carboxylic acids is 4. The summed E-state index contributed by atoms with van der Waals surface area (Å²) in [4.78, 5) is 45.8. The zero-order valence-corrected chi connectivity index (χ0v) is 16.9. The molecule has 0 aromatic carbocycles. The van der Waals surface area contributed by atoms with Gasteiger partial charge in [0, 0.05) is 34.2 Å². The highest BCUT2D eigenvalue weighted by atomic mass is 35.5. The summed E-state index contributed by atoms with van der Waals surface area (Å²) in [6.45, 7) is 4.52. The summed E-state index contributed by atoms with van der Waals surface area (Å²) in [6.07, 6.45) is -5.89. The SMILES string of the molecule is CC(=O)OCC1OC(OCCN)C(OC(C)=O)C(OC(C)=O)C1OC(C)=O.Cl. The Kier molecular flexibility index (Phi) is 11.6. The Morgan fingerprint density at radius 2 is 1.32 bits per heavy atom. The largest absolute Gasteiger partial charge is 0.463 e. The molecule has 0 saturated carbocycles. The molecule has 1 aliphatic heterocycles. The van der Waals surface area contributed by atoms with E-state index in [2.05, 4.69) is 0 Å². The van der Waals surface area contributed by atoms with Gasteiger partial charge in [-0.25, -0.2) is 0 Å². The van der Waals surface area contributed by atoms with Crippen LogP contribution in [0.3, 0.4) is 0 Å². The molecule has 28 heavy (non-hydrogen) atoms. The predicted molar refractivity (Wildman–Crippen MR) is 94.2 cm³/mol. The Balaban J connectivity index is 0.00000729. The number of hydrogen-bond acceptors (Lipinski definition) is 11. The molecule has 0 aromatic heterocycles. The van der Waals surface area contributed by atoms with Crippen molar-refractivity contribution in [2.45, 2.75) is 58.4 Å². The lowest BCUT2D eigenvalue weighted by atomic mass is 9.98. The molecule has 0 radical (unpaired) electrons. The van der Waals surface area contributed by atoms with Crippen LogP contribution in [-0.4, -0.2) is 74.3 Å². The van der Waals surface area contributed by atoms with Gasteiger partial charge in [-0.3, -0.25) is 19.2 Å². The van der Waals surface area contributed by atoms with Gasteiger partial charge in [-0.05, 0) is 0 Å². The van der Waals surface area contributed by atoms with Gasteiger partial charge >= 0.3 is 23.9 Å². The van der Waals surface area contributed by atoms with E-state index in [4.69, 9.17) is 34.2 Å². The van der Waals surface area contributed by atoms with Crippen LogP contribution in [0.5, 0.6) is 0 Å². The third-order valence-corrected chi connectivity index (χ3v) is 3.35. The lowest BCUT2D eigenvalue weighted by Crippen LogP contribution is -2.63. The molecule has 0 aromatic rings. The third-order valence-electron chi connectivity index (χ3n) is 3.35. The van der Waals surface area contributed by atoms with Crippen LogP contribution in [0.4, 0.5) is 0 Å². The monoisotopic (exact) mass is 427 g/mol.